The van der Waals surface area contributed by atoms with E-state index in [-0.39, 0.29) is 35.6 Å². The number of halogens is 3. The average Bonchev–Trinajstić information content (AvgIpc) is 3.27. The van der Waals surface area contributed by atoms with E-state index in [1.807, 2.05) is 0 Å². The molecule has 4 atom stereocenters. The van der Waals surface area contributed by atoms with Crippen molar-refractivity contribution in [2.24, 2.45) is 5.92 Å². The van der Waals surface area contributed by atoms with Crippen molar-refractivity contribution < 1.29 is 42.6 Å². The third-order valence-electron chi connectivity index (χ3n) is 6.12. The summed E-state index contributed by atoms with van der Waals surface area (Å²) >= 11 is 0. The fourth-order valence-electron chi connectivity index (χ4n) is 4.11. The summed E-state index contributed by atoms with van der Waals surface area (Å²) in [6, 6.07) is 3.88. The van der Waals surface area contributed by atoms with Crippen LogP contribution in [0.15, 0.2) is 34.0 Å². The quantitative estimate of drug-likeness (QED) is 0.190. The van der Waals surface area contributed by atoms with E-state index >= 15 is 0 Å². The van der Waals surface area contributed by atoms with Gasteiger partial charge in [-0.1, -0.05) is 25.7 Å². The van der Waals surface area contributed by atoms with E-state index < -0.39 is 71.6 Å². The molecule has 1 saturated heterocycles. The highest BCUT2D eigenvalue weighted by Gasteiger charge is 2.38. The number of nitro benzene ring substituents is 1. The number of carbonyl (C=O) groups is 1. The summed E-state index contributed by atoms with van der Waals surface area (Å²) in [7, 11) is 0. The smallest absolute Gasteiger partial charge is 0.394 e. The van der Waals surface area contributed by atoms with Gasteiger partial charge in [-0.15, -0.1) is 0 Å². The van der Waals surface area contributed by atoms with Gasteiger partial charge in [-0.25, -0.2) is 4.79 Å². The third-order valence-corrected chi connectivity index (χ3v) is 6.12. The van der Waals surface area contributed by atoms with Crippen molar-refractivity contribution in [1.29, 1.82) is 0 Å². The van der Waals surface area contributed by atoms with E-state index in [1.165, 1.54) is 18.3 Å². The summed E-state index contributed by atoms with van der Waals surface area (Å²) in [5.41, 5.74) is -1.72. The number of hydrogen-bond donors (Lipinski definition) is 4. The van der Waals surface area contributed by atoms with E-state index in [2.05, 4.69) is 16.8 Å². The average molecular weight is 585 g/mol. The Hall–Kier alpha value is -4.04. The summed E-state index contributed by atoms with van der Waals surface area (Å²) in [5.74, 6) is 2.25. The predicted octanol–water partition coefficient (Wildman–Crippen LogP) is 1.03. The van der Waals surface area contributed by atoms with Gasteiger partial charge in [-0.2, -0.15) is 13.2 Å². The number of hydrogen-bond acceptors (Lipinski definition) is 9. The Bertz CT molecular complexity index is 1460. The fourth-order valence-corrected chi connectivity index (χ4v) is 4.11. The summed E-state index contributed by atoms with van der Waals surface area (Å²) in [4.78, 5) is 49.0. The van der Waals surface area contributed by atoms with Crippen LogP contribution in [0, 0.1) is 27.9 Å². The molecule has 0 saturated carbocycles. The van der Waals surface area contributed by atoms with Crippen molar-refractivity contribution in [3.05, 3.63) is 72.0 Å². The van der Waals surface area contributed by atoms with E-state index in [0.717, 1.165) is 10.6 Å². The zero-order chi connectivity index (χ0) is 30.5. The number of nitrogens with one attached hydrogen (secondary N) is 2. The number of aromatic amines is 1. The molecule has 13 nitrogen and oxygen atoms in total. The summed E-state index contributed by atoms with van der Waals surface area (Å²) < 4.78 is 49.2. The largest absolute Gasteiger partial charge is 0.471 e. The van der Waals surface area contributed by atoms with Crippen LogP contribution in [0.2, 0.25) is 0 Å². The van der Waals surface area contributed by atoms with Crippen LogP contribution in [0.1, 0.15) is 49.3 Å². The first-order valence-corrected chi connectivity index (χ1v) is 12.3. The van der Waals surface area contributed by atoms with Gasteiger partial charge >= 0.3 is 17.8 Å². The summed E-state index contributed by atoms with van der Waals surface area (Å²) in [5, 5.41) is 32.7. The number of benzene rings is 1. The van der Waals surface area contributed by atoms with Crippen LogP contribution in [0.4, 0.5) is 18.9 Å². The Balaban J connectivity index is 1.82. The van der Waals surface area contributed by atoms with Crippen molar-refractivity contribution in [2.45, 2.75) is 57.6 Å². The molecule has 1 unspecified atom stereocenters. The molecule has 16 heteroatoms. The van der Waals surface area contributed by atoms with Crippen molar-refractivity contribution in [3.63, 3.8) is 0 Å². The molecule has 0 bridgehead atoms. The Kier molecular flexibility index (Phi) is 10.0. The third kappa shape index (κ3) is 7.79. The zero-order valence-corrected chi connectivity index (χ0v) is 21.8. The Morgan fingerprint density at radius 2 is 2.07 bits per heavy atom. The second kappa shape index (κ2) is 13.1. The number of aliphatic hydroxyl groups excluding tert-OH is 2. The van der Waals surface area contributed by atoms with Gasteiger partial charge in [0.05, 0.1) is 48.0 Å². The van der Waals surface area contributed by atoms with Crippen molar-refractivity contribution in [1.82, 2.24) is 14.9 Å². The number of carbonyl (C=O) groups excluding carboxylic acids is 1. The predicted molar refractivity (Wildman–Crippen MR) is 134 cm³/mol. The van der Waals surface area contributed by atoms with Gasteiger partial charge < -0.3 is 25.0 Å². The highest BCUT2D eigenvalue weighted by atomic mass is 19.4. The molecule has 1 fully saturated rings. The SMILES string of the molecule is CC(C)[C@@H](OCc1cn([C@H]2CC(O)[C@@H](CO)O2)c(=O)[nH]c1=O)c1ccc(C#CCNC(=O)C(F)(F)F)cc1[N+](=O)[O-]. The minimum Gasteiger partial charge on any atom is -0.394 e. The molecule has 4 N–H and O–H groups in total. The van der Waals surface area contributed by atoms with Gasteiger partial charge in [-0.05, 0) is 18.1 Å². The minimum atomic E-state index is -5.06. The lowest BCUT2D eigenvalue weighted by atomic mass is 9.96. The lowest BCUT2D eigenvalue weighted by Gasteiger charge is -2.22. The molecule has 2 heterocycles. The molecular weight excluding hydrogens is 557 g/mol. The Morgan fingerprint density at radius 1 is 1.37 bits per heavy atom. The first-order chi connectivity index (χ1) is 19.2. The highest BCUT2D eigenvalue weighted by molar-refractivity contribution is 5.81. The first kappa shape index (κ1) is 31.5. The van der Waals surface area contributed by atoms with Gasteiger partial charge in [0, 0.05) is 24.2 Å². The summed E-state index contributed by atoms with van der Waals surface area (Å²) in [6.45, 7) is 1.97. The van der Waals surface area contributed by atoms with Crippen LogP contribution in [0.3, 0.4) is 0 Å². The number of nitrogens with zero attached hydrogens (tertiary/aromatic N) is 2. The van der Waals surface area contributed by atoms with Crippen molar-refractivity contribution in [2.75, 3.05) is 13.2 Å². The molecule has 1 aromatic heterocycles. The number of alkyl halides is 3. The van der Waals surface area contributed by atoms with Crippen LogP contribution >= 0.6 is 0 Å². The molecule has 41 heavy (non-hydrogen) atoms. The molecule has 0 aliphatic carbocycles. The van der Waals surface area contributed by atoms with E-state index in [9.17, 15) is 47.9 Å². The van der Waals surface area contributed by atoms with Gasteiger partial charge in [-0.3, -0.25) is 29.3 Å². The number of aliphatic hydroxyl groups is 2. The van der Waals surface area contributed by atoms with Crippen molar-refractivity contribution in [3.8, 4) is 11.8 Å². The molecule has 1 amide bonds. The van der Waals surface area contributed by atoms with Crippen LogP contribution in [-0.2, 0) is 20.9 Å². The van der Waals surface area contributed by atoms with Crippen LogP contribution in [-0.4, -0.2) is 62.1 Å². The number of ether oxygens (including phenoxy) is 2. The van der Waals surface area contributed by atoms with Gasteiger partial charge in [0.2, 0.25) is 0 Å². The lowest BCUT2D eigenvalue weighted by molar-refractivity contribution is -0.386. The van der Waals surface area contributed by atoms with Crippen LogP contribution in [0.25, 0.3) is 0 Å². The molecule has 1 aromatic carbocycles. The molecule has 0 radical (unpaired) electrons. The standard InChI is InChI=1S/C25H27F3N4O9/c1-13(2)21(16-6-5-14(8-17(16)32(38)39)4-3-7-29-23(36)25(26,27)28)40-12-15-10-31(24(37)30-22(15)35)20-9-18(34)19(11-33)41-20/h5-6,8,10,13,18-21,33-34H,7,9,11-12H2,1-2H3,(H,29,36)(H,30,35,37)/t18?,19-,20-,21-/m1/s1. The maximum Gasteiger partial charge on any atom is 0.471 e. The van der Waals surface area contributed by atoms with Gasteiger partial charge in [0.25, 0.3) is 11.2 Å². The molecular formula is C25H27F3N4O9. The number of aromatic nitrogens is 2. The second-order valence-electron chi connectivity index (χ2n) is 9.42. The monoisotopic (exact) mass is 584 g/mol. The Labute approximate surface area is 230 Å². The number of nitro groups is 1. The molecule has 222 valence electrons. The number of H-pyrrole nitrogens is 1. The second-order valence-corrected chi connectivity index (χ2v) is 9.42. The number of amides is 1. The molecule has 0 spiro atoms. The lowest BCUT2D eigenvalue weighted by Crippen LogP contribution is -2.36. The normalized spacial score (nSPS) is 19.5. The number of rotatable bonds is 9. The van der Waals surface area contributed by atoms with E-state index in [4.69, 9.17) is 9.47 Å². The van der Waals surface area contributed by atoms with Crippen LogP contribution < -0.4 is 16.6 Å². The molecule has 1 aliphatic rings. The molecule has 2 aromatic rings. The maximum absolute atomic E-state index is 12.5. The van der Waals surface area contributed by atoms with Gasteiger partial charge in [0.15, 0.2) is 0 Å². The summed E-state index contributed by atoms with van der Waals surface area (Å²) in [6.07, 6.45) is -7.68. The zero-order valence-electron chi connectivity index (χ0n) is 21.8. The topological polar surface area (TPSA) is 186 Å². The first-order valence-electron chi connectivity index (χ1n) is 12.3. The Morgan fingerprint density at radius 3 is 2.66 bits per heavy atom. The van der Waals surface area contributed by atoms with Gasteiger partial charge in [0.1, 0.15) is 12.3 Å². The fraction of sp³-hybridized carbons (Fsp3) is 0.480. The van der Waals surface area contributed by atoms with E-state index in [0.29, 0.717) is 0 Å². The highest BCUT2D eigenvalue weighted by Crippen LogP contribution is 2.34. The van der Waals surface area contributed by atoms with Crippen molar-refractivity contribution >= 4 is 11.6 Å². The van der Waals surface area contributed by atoms with E-state index in [1.54, 1.807) is 19.2 Å². The molecule has 1 aliphatic heterocycles. The maximum atomic E-state index is 12.5. The van der Waals surface area contributed by atoms with Crippen LogP contribution in [0.5, 0.6) is 0 Å². The molecule has 3 rings (SSSR count). The minimum absolute atomic E-state index is 0.00756.